The number of anilines is 1. The van der Waals surface area contributed by atoms with E-state index in [0.29, 0.717) is 30.7 Å². The third-order valence-corrected chi connectivity index (χ3v) is 4.03. The summed E-state index contributed by atoms with van der Waals surface area (Å²) in [4.78, 5) is 23.9. The van der Waals surface area contributed by atoms with Gasteiger partial charge in [0.05, 0.1) is 18.3 Å². The standard InChI is InChI=1S/C23H29NO4/c1-4-6-18-8-14-21(15-9-18)27-16-5-7-22(25)24-20-12-10-19(11-13-20)23(26)28-17(2)3/h8-15,17H,4-7,16H2,1-3H3,(H,24,25). The molecule has 0 aliphatic carbocycles. The molecule has 0 saturated heterocycles. The van der Waals surface area contributed by atoms with Crippen molar-refractivity contribution in [2.45, 2.75) is 52.6 Å². The van der Waals surface area contributed by atoms with Gasteiger partial charge in [-0.1, -0.05) is 25.5 Å². The highest BCUT2D eigenvalue weighted by Crippen LogP contribution is 2.15. The Morgan fingerprint density at radius 2 is 1.68 bits per heavy atom. The van der Waals surface area contributed by atoms with Crippen molar-refractivity contribution in [1.82, 2.24) is 0 Å². The van der Waals surface area contributed by atoms with Gasteiger partial charge in [-0.25, -0.2) is 4.79 Å². The van der Waals surface area contributed by atoms with E-state index in [2.05, 4.69) is 24.4 Å². The molecule has 150 valence electrons. The third-order valence-electron chi connectivity index (χ3n) is 4.03. The Labute approximate surface area is 167 Å². The molecule has 2 aromatic rings. The molecule has 28 heavy (non-hydrogen) atoms. The molecule has 1 amide bonds. The molecule has 2 aromatic carbocycles. The summed E-state index contributed by atoms with van der Waals surface area (Å²) < 4.78 is 10.8. The summed E-state index contributed by atoms with van der Waals surface area (Å²) in [7, 11) is 0. The highest BCUT2D eigenvalue weighted by molar-refractivity contribution is 5.93. The average Bonchev–Trinajstić information content (AvgIpc) is 2.67. The fourth-order valence-electron chi connectivity index (χ4n) is 2.66. The number of ether oxygens (including phenoxy) is 2. The zero-order valence-electron chi connectivity index (χ0n) is 16.9. The SMILES string of the molecule is CCCc1ccc(OCCCC(=O)Nc2ccc(C(=O)OC(C)C)cc2)cc1. The summed E-state index contributed by atoms with van der Waals surface area (Å²) in [5.74, 6) is 0.372. The predicted molar refractivity (Wildman–Crippen MR) is 111 cm³/mol. The Bertz CT molecular complexity index is 751. The highest BCUT2D eigenvalue weighted by Gasteiger charge is 2.09. The summed E-state index contributed by atoms with van der Waals surface area (Å²) >= 11 is 0. The van der Waals surface area contributed by atoms with E-state index in [4.69, 9.17) is 9.47 Å². The molecule has 2 rings (SSSR count). The molecule has 1 N–H and O–H groups in total. The van der Waals surface area contributed by atoms with Crippen molar-refractivity contribution in [2.24, 2.45) is 0 Å². The molecular formula is C23H29NO4. The third kappa shape index (κ3) is 7.43. The lowest BCUT2D eigenvalue weighted by molar-refractivity contribution is -0.116. The Balaban J connectivity index is 1.70. The number of carbonyl (C=O) groups is 2. The highest BCUT2D eigenvalue weighted by atomic mass is 16.5. The number of carbonyl (C=O) groups excluding carboxylic acids is 2. The lowest BCUT2D eigenvalue weighted by Crippen LogP contribution is -2.14. The molecule has 0 aliphatic rings. The Kier molecular flexibility index (Phi) is 8.53. The maximum Gasteiger partial charge on any atom is 0.338 e. The number of esters is 1. The van der Waals surface area contributed by atoms with Gasteiger partial charge in [-0.2, -0.15) is 0 Å². The van der Waals surface area contributed by atoms with E-state index in [1.165, 1.54) is 5.56 Å². The molecule has 0 unspecified atom stereocenters. The molecule has 0 atom stereocenters. The summed E-state index contributed by atoms with van der Waals surface area (Å²) in [6.07, 6.45) is 3.02. The number of aryl methyl sites for hydroxylation is 1. The van der Waals surface area contributed by atoms with Crippen LogP contribution in [0.25, 0.3) is 0 Å². The number of nitrogens with one attached hydrogen (secondary N) is 1. The van der Waals surface area contributed by atoms with Crippen LogP contribution < -0.4 is 10.1 Å². The molecular weight excluding hydrogens is 354 g/mol. The molecule has 0 bridgehead atoms. The van der Waals surface area contributed by atoms with Gasteiger partial charge in [0.15, 0.2) is 0 Å². The first-order valence-electron chi connectivity index (χ1n) is 9.80. The predicted octanol–water partition coefficient (Wildman–Crippen LogP) is 5.00. The van der Waals surface area contributed by atoms with Crippen LogP contribution >= 0.6 is 0 Å². The minimum atomic E-state index is -0.368. The first kappa shape index (κ1) is 21.5. The van der Waals surface area contributed by atoms with Crippen LogP contribution in [0.5, 0.6) is 5.75 Å². The van der Waals surface area contributed by atoms with Crippen LogP contribution in [0, 0.1) is 0 Å². The summed E-state index contributed by atoms with van der Waals surface area (Å²) in [5.41, 5.74) is 2.42. The van der Waals surface area contributed by atoms with Crippen molar-refractivity contribution in [3.63, 3.8) is 0 Å². The molecule has 0 fully saturated rings. The number of benzene rings is 2. The van der Waals surface area contributed by atoms with E-state index >= 15 is 0 Å². The van der Waals surface area contributed by atoms with Gasteiger partial charge in [0, 0.05) is 12.1 Å². The Hall–Kier alpha value is -2.82. The summed E-state index contributed by atoms with van der Waals surface area (Å²) in [6.45, 7) is 6.25. The van der Waals surface area contributed by atoms with Crippen LogP contribution in [0.4, 0.5) is 5.69 Å². The quantitative estimate of drug-likeness (QED) is 0.463. The van der Waals surface area contributed by atoms with Crippen LogP contribution in [0.1, 0.15) is 56.0 Å². The molecule has 0 aromatic heterocycles. The second-order valence-electron chi connectivity index (χ2n) is 6.93. The van der Waals surface area contributed by atoms with E-state index in [-0.39, 0.29) is 18.0 Å². The van der Waals surface area contributed by atoms with Gasteiger partial charge in [0.1, 0.15) is 5.75 Å². The van der Waals surface area contributed by atoms with Crippen molar-refractivity contribution in [3.8, 4) is 5.75 Å². The second-order valence-corrected chi connectivity index (χ2v) is 6.93. The maximum atomic E-state index is 12.0. The van der Waals surface area contributed by atoms with Crippen molar-refractivity contribution in [3.05, 3.63) is 59.7 Å². The van der Waals surface area contributed by atoms with Crippen molar-refractivity contribution in [1.29, 1.82) is 0 Å². The molecule has 5 nitrogen and oxygen atoms in total. The normalized spacial score (nSPS) is 10.6. The van der Waals surface area contributed by atoms with Crippen molar-refractivity contribution < 1.29 is 19.1 Å². The zero-order chi connectivity index (χ0) is 20.4. The van der Waals surface area contributed by atoms with Crippen molar-refractivity contribution >= 4 is 17.6 Å². The lowest BCUT2D eigenvalue weighted by atomic mass is 10.1. The van der Waals surface area contributed by atoms with Gasteiger partial charge in [-0.05, 0) is 68.7 Å². The van der Waals surface area contributed by atoms with Crippen LogP contribution in [0.2, 0.25) is 0 Å². The number of rotatable bonds is 10. The van der Waals surface area contributed by atoms with Gasteiger partial charge in [0.2, 0.25) is 5.91 Å². The summed E-state index contributed by atoms with van der Waals surface area (Å²) in [6, 6.07) is 14.8. The van der Waals surface area contributed by atoms with Gasteiger partial charge < -0.3 is 14.8 Å². The van der Waals surface area contributed by atoms with Gasteiger partial charge in [-0.3, -0.25) is 4.79 Å². The number of amides is 1. The van der Waals surface area contributed by atoms with E-state index < -0.39 is 0 Å². The minimum absolute atomic E-state index is 0.0839. The molecule has 0 aliphatic heterocycles. The average molecular weight is 383 g/mol. The first-order chi connectivity index (χ1) is 13.5. The second kappa shape index (κ2) is 11.1. The smallest absolute Gasteiger partial charge is 0.338 e. The van der Waals surface area contributed by atoms with E-state index in [0.717, 1.165) is 18.6 Å². The van der Waals surface area contributed by atoms with E-state index in [1.54, 1.807) is 38.1 Å². The van der Waals surface area contributed by atoms with Crippen molar-refractivity contribution in [2.75, 3.05) is 11.9 Å². The number of hydrogen-bond acceptors (Lipinski definition) is 4. The molecule has 0 saturated carbocycles. The lowest BCUT2D eigenvalue weighted by Gasteiger charge is -2.09. The molecule has 0 radical (unpaired) electrons. The van der Waals surface area contributed by atoms with Gasteiger partial charge in [0.25, 0.3) is 0 Å². The maximum absolute atomic E-state index is 12.0. The van der Waals surface area contributed by atoms with Gasteiger partial charge in [-0.15, -0.1) is 0 Å². The van der Waals surface area contributed by atoms with E-state index in [1.807, 2.05) is 12.1 Å². The Morgan fingerprint density at radius 1 is 1.00 bits per heavy atom. The van der Waals surface area contributed by atoms with E-state index in [9.17, 15) is 9.59 Å². The summed E-state index contributed by atoms with van der Waals surface area (Å²) in [5, 5.41) is 2.82. The monoisotopic (exact) mass is 383 g/mol. The fourth-order valence-corrected chi connectivity index (χ4v) is 2.66. The van der Waals surface area contributed by atoms with Crippen LogP contribution in [0.15, 0.2) is 48.5 Å². The zero-order valence-corrected chi connectivity index (χ0v) is 16.9. The largest absolute Gasteiger partial charge is 0.494 e. The molecule has 0 spiro atoms. The van der Waals surface area contributed by atoms with Crippen LogP contribution in [-0.2, 0) is 16.0 Å². The fraction of sp³-hybridized carbons (Fsp3) is 0.391. The van der Waals surface area contributed by atoms with Crippen LogP contribution in [0.3, 0.4) is 0 Å². The van der Waals surface area contributed by atoms with Gasteiger partial charge >= 0.3 is 5.97 Å². The number of hydrogen-bond donors (Lipinski definition) is 1. The first-order valence-corrected chi connectivity index (χ1v) is 9.80. The topological polar surface area (TPSA) is 64.6 Å². The molecule has 5 heteroatoms. The van der Waals surface area contributed by atoms with Crippen LogP contribution in [-0.4, -0.2) is 24.6 Å². The minimum Gasteiger partial charge on any atom is -0.494 e. The molecule has 0 heterocycles. The Morgan fingerprint density at radius 3 is 2.29 bits per heavy atom.